The van der Waals surface area contributed by atoms with E-state index in [1.165, 1.54) is 17.3 Å². The average molecular weight is 234 g/mol. The Balaban J connectivity index is 2.27. The Labute approximate surface area is 99.5 Å². The maximum Gasteiger partial charge on any atom is 0.316 e. The molecule has 0 saturated heterocycles. The van der Waals surface area contributed by atoms with E-state index in [1.54, 1.807) is 14.1 Å². The zero-order chi connectivity index (χ0) is 12.7. The second-order valence-electron chi connectivity index (χ2n) is 3.45. The maximum absolute atomic E-state index is 11.2. The molecular formula is C10H14N6O. The Morgan fingerprint density at radius 3 is 2.71 bits per heavy atom. The lowest BCUT2D eigenvalue weighted by Crippen LogP contribution is -2.37. The van der Waals surface area contributed by atoms with Gasteiger partial charge in [0, 0.05) is 27.2 Å². The fourth-order valence-electron chi connectivity index (χ4n) is 0.995. The molecule has 1 rings (SSSR count). The summed E-state index contributed by atoms with van der Waals surface area (Å²) in [5, 5.41) is 14.2. The number of nitriles is 1. The third-order valence-electron chi connectivity index (χ3n) is 1.88. The number of amides is 2. The van der Waals surface area contributed by atoms with Crippen LogP contribution in [0.1, 0.15) is 5.69 Å². The van der Waals surface area contributed by atoms with Gasteiger partial charge in [0.2, 0.25) is 0 Å². The number of aromatic nitrogens is 2. The van der Waals surface area contributed by atoms with Crippen LogP contribution >= 0.6 is 0 Å². The van der Waals surface area contributed by atoms with Crippen LogP contribution in [-0.2, 0) is 0 Å². The highest BCUT2D eigenvalue weighted by Gasteiger charge is 2.01. The minimum atomic E-state index is -0.141. The molecule has 1 aromatic heterocycles. The molecule has 0 aliphatic carbocycles. The van der Waals surface area contributed by atoms with Crippen LogP contribution in [0.4, 0.5) is 10.6 Å². The van der Waals surface area contributed by atoms with E-state index >= 15 is 0 Å². The minimum absolute atomic E-state index is 0.141. The number of anilines is 1. The van der Waals surface area contributed by atoms with Crippen molar-refractivity contribution in [2.24, 2.45) is 0 Å². The SMILES string of the molecule is CN(C)C(=O)NCCNc1cnc(C#N)cn1. The van der Waals surface area contributed by atoms with Gasteiger partial charge in [0.1, 0.15) is 11.9 Å². The van der Waals surface area contributed by atoms with Gasteiger partial charge in [-0.25, -0.2) is 14.8 Å². The lowest BCUT2D eigenvalue weighted by molar-refractivity contribution is 0.218. The molecule has 17 heavy (non-hydrogen) atoms. The van der Waals surface area contributed by atoms with Gasteiger partial charge in [-0.3, -0.25) is 0 Å². The van der Waals surface area contributed by atoms with Crippen LogP contribution in [0, 0.1) is 11.3 Å². The molecule has 2 amide bonds. The van der Waals surface area contributed by atoms with Gasteiger partial charge in [-0.15, -0.1) is 0 Å². The van der Waals surface area contributed by atoms with E-state index in [0.717, 1.165) is 0 Å². The van der Waals surface area contributed by atoms with Gasteiger partial charge >= 0.3 is 6.03 Å². The Morgan fingerprint density at radius 1 is 1.41 bits per heavy atom. The molecule has 0 aromatic carbocycles. The van der Waals surface area contributed by atoms with Crippen molar-refractivity contribution in [3.05, 3.63) is 18.1 Å². The first-order valence-corrected chi connectivity index (χ1v) is 5.04. The van der Waals surface area contributed by atoms with Crippen molar-refractivity contribution in [2.75, 3.05) is 32.5 Å². The van der Waals surface area contributed by atoms with E-state index in [9.17, 15) is 4.79 Å². The van der Waals surface area contributed by atoms with Gasteiger partial charge in [-0.1, -0.05) is 0 Å². The lowest BCUT2D eigenvalue weighted by Gasteiger charge is -2.12. The summed E-state index contributed by atoms with van der Waals surface area (Å²) in [5.74, 6) is 0.572. The van der Waals surface area contributed by atoms with Gasteiger partial charge in [-0.05, 0) is 0 Å². The van der Waals surface area contributed by atoms with Gasteiger partial charge in [0.25, 0.3) is 0 Å². The largest absolute Gasteiger partial charge is 0.367 e. The molecule has 0 aliphatic heterocycles. The van der Waals surface area contributed by atoms with Crippen molar-refractivity contribution in [1.29, 1.82) is 5.26 Å². The predicted molar refractivity (Wildman–Crippen MR) is 62.3 cm³/mol. The number of nitrogens with zero attached hydrogens (tertiary/aromatic N) is 4. The molecule has 0 bridgehead atoms. The van der Waals surface area contributed by atoms with E-state index in [2.05, 4.69) is 20.6 Å². The Bertz CT molecular complexity index is 408. The molecule has 0 aliphatic rings. The summed E-state index contributed by atoms with van der Waals surface area (Å²) in [4.78, 5) is 20.5. The normalized spacial score (nSPS) is 9.24. The highest BCUT2D eigenvalue weighted by Crippen LogP contribution is 1.98. The zero-order valence-electron chi connectivity index (χ0n) is 9.77. The van der Waals surface area contributed by atoms with E-state index in [0.29, 0.717) is 18.9 Å². The monoisotopic (exact) mass is 234 g/mol. The van der Waals surface area contributed by atoms with Crippen molar-refractivity contribution >= 4 is 11.8 Å². The molecule has 1 heterocycles. The Morgan fingerprint density at radius 2 is 2.18 bits per heavy atom. The van der Waals surface area contributed by atoms with Crippen LogP contribution in [0.25, 0.3) is 0 Å². The molecule has 0 spiro atoms. The summed E-state index contributed by atoms with van der Waals surface area (Å²) < 4.78 is 0. The fraction of sp³-hybridized carbons (Fsp3) is 0.400. The highest BCUT2D eigenvalue weighted by atomic mass is 16.2. The number of carbonyl (C=O) groups is 1. The maximum atomic E-state index is 11.2. The molecule has 90 valence electrons. The van der Waals surface area contributed by atoms with Gasteiger partial charge in [-0.2, -0.15) is 5.26 Å². The molecule has 1 aromatic rings. The Hall–Kier alpha value is -2.36. The van der Waals surface area contributed by atoms with Crippen LogP contribution in [0.3, 0.4) is 0 Å². The summed E-state index contributed by atoms with van der Waals surface area (Å²) in [5.41, 5.74) is 0.275. The first-order chi connectivity index (χ1) is 8.13. The quantitative estimate of drug-likeness (QED) is 0.717. The van der Waals surface area contributed by atoms with Crippen molar-refractivity contribution < 1.29 is 4.79 Å². The molecule has 0 unspecified atom stereocenters. The predicted octanol–water partition coefficient (Wildman–Crippen LogP) is 0.0314. The van der Waals surface area contributed by atoms with Crippen LogP contribution in [-0.4, -0.2) is 48.1 Å². The van der Waals surface area contributed by atoms with Gasteiger partial charge in [0.15, 0.2) is 5.69 Å². The molecule has 7 heteroatoms. The van der Waals surface area contributed by atoms with Crippen molar-refractivity contribution in [3.8, 4) is 6.07 Å². The van der Waals surface area contributed by atoms with Crippen molar-refractivity contribution in [2.45, 2.75) is 0 Å². The van der Waals surface area contributed by atoms with Crippen LogP contribution in [0.15, 0.2) is 12.4 Å². The number of hydrogen-bond donors (Lipinski definition) is 2. The smallest absolute Gasteiger partial charge is 0.316 e. The molecule has 0 atom stereocenters. The molecule has 2 N–H and O–H groups in total. The van der Waals surface area contributed by atoms with E-state index in [-0.39, 0.29) is 11.7 Å². The van der Waals surface area contributed by atoms with Gasteiger partial charge < -0.3 is 15.5 Å². The first-order valence-electron chi connectivity index (χ1n) is 5.04. The summed E-state index contributed by atoms with van der Waals surface area (Å²) in [6.07, 6.45) is 2.87. The van der Waals surface area contributed by atoms with Crippen LogP contribution in [0.5, 0.6) is 0 Å². The molecule has 0 fully saturated rings. The molecule has 7 nitrogen and oxygen atoms in total. The second-order valence-corrected chi connectivity index (χ2v) is 3.45. The third-order valence-corrected chi connectivity index (χ3v) is 1.88. The zero-order valence-corrected chi connectivity index (χ0v) is 9.77. The summed E-state index contributed by atoms with van der Waals surface area (Å²) in [7, 11) is 3.35. The summed E-state index contributed by atoms with van der Waals surface area (Å²) >= 11 is 0. The van der Waals surface area contributed by atoms with E-state index in [4.69, 9.17) is 5.26 Å². The topological polar surface area (TPSA) is 93.9 Å². The van der Waals surface area contributed by atoms with Crippen LogP contribution in [0.2, 0.25) is 0 Å². The first kappa shape index (κ1) is 12.7. The number of nitrogens with one attached hydrogen (secondary N) is 2. The average Bonchev–Trinajstić information content (AvgIpc) is 2.35. The van der Waals surface area contributed by atoms with E-state index < -0.39 is 0 Å². The second kappa shape index (κ2) is 6.27. The molecular weight excluding hydrogens is 220 g/mol. The summed E-state index contributed by atoms with van der Waals surface area (Å²) in [6, 6.07) is 1.74. The number of urea groups is 1. The molecule has 0 saturated carbocycles. The van der Waals surface area contributed by atoms with E-state index in [1.807, 2.05) is 6.07 Å². The fourth-order valence-corrected chi connectivity index (χ4v) is 0.995. The standard InChI is InChI=1S/C10H14N6O/c1-16(2)10(17)13-4-3-12-9-7-14-8(5-11)6-15-9/h6-7H,3-4H2,1-2H3,(H,12,15)(H,13,17). The van der Waals surface area contributed by atoms with Crippen molar-refractivity contribution in [3.63, 3.8) is 0 Å². The van der Waals surface area contributed by atoms with Crippen LogP contribution < -0.4 is 10.6 Å². The third kappa shape index (κ3) is 4.34. The summed E-state index contributed by atoms with van der Waals surface area (Å²) in [6.45, 7) is 1.03. The highest BCUT2D eigenvalue weighted by molar-refractivity contribution is 5.73. The molecule has 0 radical (unpaired) electrons. The number of carbonyl (C=O) groups excluding carboxylic acids is 1. The lowest BCUT2D eigenvalue weighted by atomic mass is 10.5. The Kier molecular flexibility index (Phi) is 4.69. The van der Waals surface area contributed by atoms with Crippen molar-refractivity contribution in [1.82, 2.24) is 20.2 Å². The minimum Gasteiger partial charge on any atom is -0.367 e. The number of rotatable bonds is 4. The van der Waals surface area contributed by atoms with Gasteiger partial charge in [0.05, 0.1) is 12.4 Å². The number of hydrogen-bond acceptors (Lipinski definition) is 5.